The van der Waals surface area contributed by atoms with Crippen molar-refractivity contribution in [3.63, 3.8) is 0 Å². The van der Waals surface area contributed by atoms with E-state index in [0.717, 1.165) is 56.8 Å². The molecule has 3 rings (SSSR count). The molecule has 2 aromatic carbocycles. The summed E-state index contributed by atoms with van der Waals surface area (Å²) in [5.74, 6) is -0.771. The van der Waals surface area contributed by atoms with Crippen LogP contribution in [-0.4, -0.2) is 80.5 Å². The monoisotopic (exact) mass is 430 g/mol. The molecule has 1 aliphatic rings. The minimum atomic E-state index is -0.457. The molecule has 5 nitrogen and oxygen atoms in total. The summed E-state index contributed by atoms with van der Waals surface area (Å²) < 4.78 is 26.8. The third kappa shape index (κ3) is 7.38. The molecule has 0 unspecified atom stereocenters. The summed E-state index contributed by atoms with van der Waals surface area (Å²) >= 11 is 0. The van der Waals surface area contributed by atoms with E-state index in [9.17, 15) is 13.6 Å². The van der Waals surface area contributed by atoms with Crippen LogP contribution in [0.3, 0.4) is 0 Å². The molecule has 0 atom stereocenters. The number of nitrogens with one attached hydrogen (secondary N) is 1. The lowest BCUT2D eigenvalue weighted by Gasteiger charge is -2.34. The highest BCUT2D eigenvalue weighted by Gasteiger charge is 2.22. The van der Waals surface area contributed by atoms with Gasteiger partial charge in [0.05, 0.1) is 12.6 Å². The number of benzene rings is 2. The number of rotatable bonds is 9. The molecule has 168 valence electrons. The third-order valence-electron chi connectivity index (χ3n) is 5.62. The Morgan fingerprint density at radius 2 is 1.39 bits per heavy atom. The molecule has 31 heavy (non-hydrogen) atoms. The topological polar surface area (TPSA) is 38.8 Å². The van der Waals surface area contributed by atoms with Crippen LogP contribution in [0.5, 0.6) is 0 Å². The molecule has 1 amide bonds. The number of piperazine rings is 1. The smallest absolute Gasteiger partial charge is 0.234 e. The molecule has 0 saturated carbocycles. The Morgan fingerprint density at radius 3 is 1.87 bits per heavy atom. The molecule has 1 fully saturated rings. The minimum absolute atomic E-state index is 0.0975. The van der Waals surface area contributed by atoms with Crippen LogP contribution in [0, 0.1) is 11.6 Å². The fourth-order valence-electron chi connectivity index (χ4n) is 3.86. The first-order chi connectivity index (χ1) is 14.9. The number of nitrogens with zero attached hydrogens (tertiary/aromatic N) is 3. The number of hydrogen-bond donors (Lipinski definition) is 1. The highest BCUT2D eigenvalue weighted by molar-refractivity contribution is 5.79. The Kier molecular flexibility index (Phi) is 8.51. The van der Waals surface area contributed by atoms with Crippen molar-refractivity contribution < 1.29 is 13.6 Å². The maximum atomic E-state index is 13.4. The molecule has 1 N–H and O–H groups in total. The average Bonchev–Trinajstić information content (AvgIpc) is 2.74. The van der Waals surface area contributed by atoms with Crippen molar-refractivity contribution >= 4 is 5.91 Å². The second-order valence-corrected chi connectivity index (χ2v) is 8.38. The number of halogens is 2. The Morgan fingerprint density at radius 1 is 0.903 bits per heavy atom. The zero-order valence-corrected chi connectivity index (χ0v) is 18.4. The van der Waals surface area contributed by atoms with Gasteiger partial charge in [-0.3, -0.25) is 9.69 Å². The van der Waals surface area contributed by atoms with Crippen molar-refractivity contribution in [2.45, 2.75) is 12.5 Å². The van der Waals surface area contributed by atoms with Crippen LogP contribution in [0.25, 0.3) is 0 Å². The van der Waals surface area contributed by atoms with E-state index in [1.165, 1.54) is 24.3 Å². The first-order valence-electron chi connectivity index (χ1n) is 10.8. The summed E-state index contributed by atoms with van der Waals surface area (Å²) in [7, 11) is 4.17. The quantitative estimate of drug-likeness (QED) is 0.664. The lowest BCUT2D eigenvalue weighted by atomic mass is 9.98. The number of carbonyl (C=O) groups excluding carboxylic acids is 1. The second-order valence-electron chi connectivity index (χ2n) is 8.38. The van der Waals surface area contributed by atoms with Crippen molar-refractivity contribution in [3.8, 4) is 0 Å². The van der Waals surface area contributed by atoms with Gasteiger partial charge in [0.1, 0.15) is 11.6 Å². The molecule has 7 heteroatoms. The van der Waals surface area contributed by atoms with Gasteiger partial charge in [-0.15, -0.1) is 0 Å². The van der Waals surface area contributed by atoms with Gasteiger partial charge in [0.15, 0.2) is 0 Å². The summed E-state index contributed by atoms with van der Waals surface area (Å²) in [5.41, 5.74) is 1.51. The predicted octanol–water partition coefficient (Wildman–Crippen LogP) is 2.74. The van der Waals surface area contributed by atoms with E-state index < -0.39 is 6.04 Å². The summed E-state index contributed by atoms with van der Waals surface area (Å²) in [4.78, 5) is 19.6. The highest BCUT2D eigenvalue weighted by atomic mass is 19.1. The molecule has 1 aliphatic heterocycles. The number of hydrogen-bond acceptors (Lipinski definition) is 4. The zero-order chi connectivity index (χ0) is 22.2. The van der Waals surface area contributed by atoms with E-state index in [-0.39, 0.29) is 17.5 Å². The van der Waals surface area contributed by atoms with Crippen LogP contribution in [0.15, 0.2) is 48.5 Å². The summed E-state index contributed by atoms with van der Waals surface area (Å²) in [6.45, 7) is 6.09. The van der Waals surface area contributed by atoms with E-state index in [0.29, 0.717) is 6.54 Å². The zero-order valence-electron chi connectivity index (χ0n) is 18.4. The van der Waals surface area contributed by atoms with Gasteiger partial charge in [0.2, 0.25) is 5.91 Å². The van der Waals surface area contributed by atoms with Crippen molar-refractivity contribution in [2.24, 2.45) is 0 Å². The van der Waals surface area contributed by atoms with Crippen LogP contribution >= 0.6 is 0 Å². The number of amides is 1. The Hall–Kier alpha value is -2.35. The SMILES string of the molecule is CN(C)CCCN1CCN(CC(=O)NC(c2ccc(F)cc2)c2ccc(F)cc2)CC1. The van der Waals surface area contributed by atoms with E-state index in [1.54, 1.807) is 24.3 Å². The maximum absolute atomic E-state index is 13.4. The van der Waals surface area contributed by atoms with E-state index >= 15 is 0 Å². The standard InChI is InChI=1S/C24H32F2N4O/c1-28(2)12-3-13-29-14-16-30(17-15-29)18-23(31)27-24(19-4-8-21(25)9-5-19)20-6-10-22(26)11-7-20/h4-11,24H,3,12-18H2,1-2H3,(H,27,31). The molecule has 0 spiro atoms. The maximum Gasteiger partial charge on any atom is 0.234 e. The van der Waals surface area contributed by atoms with Crippen molar-refractivity contribution in [1.29, 1.82) is 0 Å². The summed E-state index contributed by atoms with van der Waals surface area (Å²) in [6, 6.07) is 11.6. The molecule has 1 saturated heterocycles. The van der Waals surface area contributed by atoms with E-state index in [2.05, 4.69) is 34.1 Å². The Labute approximate surface area is 183 Å². The van der Waals surface area contributed by atoms with E-state index in [1.807, 2.05) is 0 Å². The summed E-state index contributed by atoms with van der Waals surface area (Å²) in [5, 5.41) is 3.05. The van der Waals surface area contributed by atoms with Gasteiger partial charge >= 0.3 is 0 Å². The van der Waals surface area contributed by atoms with Crippen LogP contribution in [-0.2, 0) is 4.79 Å². The Bertz CT molecular complexity index is 773. The molecule has 0 bridgehead atoms. The van der Waals surface area contributed by atoms with Gasteiger partial charge in [-0.25, -0.2) is 8.78 Å². The third-order valence-corrected chi connectivity index (χ3v) is 5.62. The second kappa shape index (κ2) is 11.3. The van der Waals surface area contributed by atoms with Crippen LogP contribution in [0.1, 0.15) is 23.6 Å². The van der Waals surface area contributed by atoms with Gasteiger partial charge in [-0.2, -0.15) is 0 Å². The van der Waals surface area contributed by atoms with E-state index in [4.69, 9.17) is 0 Å². The van der Waals surface area contributed by atoms with Gasteiger partial charge in [-0.05, 0) is 69.0 Å². The average molecular weight is 431 g/mol. The van der Waals surface area contributed by atoms with Gasteiger partial charge in [0.25, 0.3) is 0 Å². The normalized spacial score (nSPS) is 15.5. The lowest BCUT2D eigenvalue weighted by molar-refractivity contribution is -0.123. The van der Waals surface area contributed by atoms with Gasteiger partial charge in [0, 0.05) is 26.2 Å². The fourth-order valence-corrected chi connectivity index (χ4v) is 3.86. The molecular weight excluding hydrogens is 398 g/mol. The molecule has 0 aromatic heterocycles. The van der Waals surface area contributed by atoms with Gasteiger partial charge in [-0.1, -0.05) is 24.3 Å². The van der Waals surface area contributed by atoms with Crippen molar-refractivity contribution in [1.82, 2.24) is 20.0 Å². The molecule has 1 heterocycles. The van der Waals surface area contributed by atoms with Crippen LogP contribution in [0.2, 0.25) is 0 Å². The largest absolute Gasteiger partial charge is 0.344 e. The molecular formula is C24H32F2N4O. The first kappa shape index (κ1) is 23.3. The van der Waals surface area contributed by atoms with Crippen molar-refractivity contribution in [2.75, 3.05) is 59.9 Å². The lowest BCUT2D eigenvalue weighted by Crippen LogP contribution is -2.50. The van der Waals surface area contributed by atoms with Crippen LogP contribution < -0.4 is 5.32 Å². The predicted molar refractivity (Wildman–Crippen MR) is 119 cm³/mol. The fraction of sp³-hybridized carbons (Fsp3) is 0.458. The molecule has 2 aromatic rings. The minimum Gasteiger partial charge on any atom is -0.344 e. The van der Waals surface area contributed by atoms with Crippen molar-refractivity contribution in [3.05, 3.63) is 71.3 Å². The number of carbonyl (C=O) groups is 1. The van der Waals surface area contributed by atoms with Crippen LogP contribution in [0.4, 0.5) is 8.78 Å². The molecule has 0 radical (unpaired) electrons. The molecule has 0 aliphatic carbocycles. The first-order valence-corrected chi connectivity index (χ1v) is 10.8. The summed E-state index contributed by atoms with van der Waals surface area (Å²) in [6.07, 6.45) is 1.14. The highest BCUT2D eigenvalue weighted by Crippen LogP contribution is 2.23. The Balaban J connectivity index is 1.56. The van der Waals surface area contributed by atoms with Gasteiger partial charge < -0.3 is 15.1 Å².